The van der Waals surface area contributed by atoms with E-state index in [1.54, 1.807) is 6.07 Å². The molecule has 0 heterocycles. The molecule has 0 aliphatic heterocycles. The molecule has 1 aromatic carbocycles. The predicted octanol–water partition coefficient (Wildman–Crippen LogP) is 2.91. The molecule has 0 saturated heterocycles. The summed E-state index contributed by atoms with van der Waals surface area (Å²) in [6.45, 7) is 4.69. The van der Waals surface area contributed by atoms with Crippen molar-refractivity contribution in [1.82, 2.24) is 5.32 Å². The van der Waals surface area contributed by atoms with E-state index in [9.17, 15) is 4.39 Å². The Morgan fingerprint density at radius 3 is 2.83 bits per heavy atom. The molecule has 1 saturated carbocycles. The van der Waals surface area contributed by atoms with Crippen LogP contribution in [0, 0.1) is 18.7 Å². The highest BCUT2D eigenvalue weighted by Crippen LogP contribution is 2.27. The van der Waals surface area contributed by atoms with Crippen molar-refractivity contribution in [3.05, 3.63) is 35.1 Å². The molecule has 1 aliphatic rings. The summed E-state index contributed by atoms with van der Waals surface area (Å²) in [5.74, 6) is 0.609. The standard InChI is InChI=1S/C15H23FN2/c1-10-3-5-12(7-10)18-15(9-17)13-8-11(2)4-6-14(13)16/h4,6,8,10,12,15,18H,3,5,7,9,17H2,1-2H3. The Hall–Kier alpha value is -0.930. The van der Waals surface area contributed by atoms with Crippen LogP contribution in [0.15, 0.2) is 18.2 Å². The van der Waals surface area contributed by atoms with Crippen LogP contribution in [-0.4, -0.2) is 12.6 Å². The van der Waals surface area contributed by atoms with Crippen molar-refractivity contribution in [2.45, 2.75) is 45.2 Å². The van der Waals surface area contributed by atoms with Crippen molar-refractivity contribution in [3.63, 3.8) is 0 Å². The molecule has 1 aliphatic carbocycles. The zero-order valence-electron chi connectivity index (χ0n) is 11.2. The van der Waals surface area contributed by atoms with Crippen LogP contribution in [0.1, 0.15) is 43.4 Å². The lowest BCUT2D eigenvalue weighted by Gasteiger charge is -2.23. The third-order valence-corrected chi connectivity index (χ3v) is 3.89. The van der Waals surface area contributed by atoms with Gasteiger partial charge >= 0.3 is 0 Å². The summed E-state index contributed by atoms with van der Waals surface area (Å²) in [6, 6.07) is 5.64. The number of hydrogen-bond acceptors (Lipinski definition) is 2. The van der Waals surface area contributed by atoms with Gasteiger partial charge < -0.3 is 11.1 Å². The molecule has 2 nitrogen and oxygen atoms in total. The second-order valence-electron chi connectivity index (χ2n) is 5.60. The number of nitrogens with two attached hydrogens (primary N) is 1. The molecule has 18 heavy (non-hydrogen) atoms. The molecule has 1 fully saturated rings. The molecule has 0 radical (unpaired) electrons. The molecule has 3 N–H and O–H groups in total. The van der Waals surface area contributed by atoms with Crippen LogP contribution < -0.4 is 11.1 Å². The van der Waals surface area contributed by atoms with Gasteiger partial charge in [-0.2, -0.15) is 0 Å². The van der Waals surface area contributed by atoms with Crippen LogP contribution in [0.5, 0.6) is 0 Å². The summed E-state index contributed by atoms with van der Waals surface area (Å²) in [4.78, 5) is 0. The third-order valence-electron chi connectivity index (χ3n) is 3.89. The maximum Gasteiger partial charge on any atom is 0.128 e. The van der Waals surface area contributed by atoms with Gasteiger partial charge in [-0.3, -0.25) is 0 Å². The van der Waals surface area contributed by atoms with E-state index in [1.165, 1.54) is 25.3 Å². The molecule has 0 aromatic heterocycles. The van der Waals surface area contributed by atoms with Crippen LogP contribution in [0.4, 0.5) is 4.39 Å². The van der Waals surface area contributed by atoms with E-state index in [-0.39, 0.29) is 11.9 Å². The molecule has 0 spiro atoms. The first-order chi connectivity index (χ1) is 8.60. The second kappa shape index (κ2) is 5.81. The fraction of sp³-hybridized carbons (Fsp3) is 0.600. The lowest BCUT2D eigenvalue weighted by Crippen LogP contribution is -2.35. The number of hydrogen-bond donors (Lipinski definition) is 2. The summed E-state index contributed by atoms with van der Waals surface area (Å²) in [6.07, 6.45) is 3.60. The fourth-order valence-electron chi connectivity index (χ4n) is 2.86. The van der Waals surface area contributed by atoms with E-state index in [0.717, 1.165) is 11.5 Å². The van der Waals surface area contributed by atoms with Crippen LogP contribution in [0.3, 0.4) is 0 Å². The van der Waals surface area contributed by atoms with E-state index < -0.39 is 0 Å². The minimum atomic E-state index is -0.158. The Bertz CT molecular complexity index is 405. The topological polar surface area (TPSA) is 38.0 Å². The van der Waals surface area contributed by atoms with Crippen LogP contribution >= 0.6 is 0 Å². The molecule has 100 valence electrons. The lowest BCUT2D eigenvalue weighted by molar-refractivity contribution is 0.422. The molecule has 1 aromatic rings. The van der Waals surface area contributed by atoms with Gasteiger partial charge in [0.1, 0.15) is 5.82 Å². The summed E-state index contributed by atoms with van der Waals surface area (Å²) >= 11 is 0. The zero-order valence-corrected chi connectivity index (χ0v) is 11.2. The Kier molecular flexibility index (Phi) is 4.36. The van der Waals surface area contributed by atoms with Gasteiger partial charge in [-0.05, 0) is 38.2 Å². The molecular weight excluding hydrogens is 227 g/mol. The largest absolute Gasteiger partial charge is 0.329 e. The highest BCUT2D eigenvalue weighted by molar-refractivity contribution is 5.27. The normalized spacial score (nSPS) is 25.3. The summed E-state index contributed by atoms with van der Waals surface area (Å²) in [5, 5.41) is 3.52. The number of benzene rings is 1. The highest BCUT2D eigenvalue weighted by atomic mass is 19.1. The molecule has 2 rings (SSSR count). The van der Waals surface area contributed by atoms with E-state index in [4.69, 9.17) is 5.73 Å². The number of halogens is 1. The van der Waals surface area contributed by atoms with Crippen LogP contribution in [0.25, 0.3) is 0 Å². The predicted molar refractivity (Wildman–Crippen MR) is 72.9 cm³/mol. The Labute approximate surface area is 109 Å². The first-order valence-electron chi connectivity index (χ1n) is 6.82. The second-order valence-corrected chi connectivity index (χ2v) is 5.60. The van der Waals surface area contributed by atoms with Crippen LogP contribution in [0.2, 0.25) is 0 Å². The SMILES string of the molecule is Cc1ccc(F)c(C(CN)NC2CCC(C)C2)c1. The van der Waals surface area contributed by atoms with Gasteiger partial charge in [-0.25, -0.2) is 4.39 Å². The molecule has 0 amide bonds. The molecule has 3 unspecified atom stereocenters. The first kappa shape index (κ1) is 13.5. The van der Waals surface area contributed by atoms with Gasteiger partial charge in [0.15, 0.2) is 0 Å². The maximum absolute atomic E-state index is 13.9. The van der Waals surface area contributed by atoms with Gasteiger partial charge in [-0.15, -0.1) is 0 Å². The van der Waals surface area contributed by atoms with E-state index in [0.29, 0.717) is 18.2 Å². The molecule has 0 bridgehead atoms. The van der Waals surface area contributed by atoms with Crippen molar-refractivity contribution >= 4 is 0 Å². The molecular formula is C15H23FN2. The maximum atomic E-state index is 13.9. The van der Waals surface area contributed by atoms with E-state index >= 15 is 0 Å². The van der Waals surface area contributed by atoms with Crippen LogP contribution in [-0.2, 0) is 0 Å². The average molecular weight is 250 g/mol. The van der Waals surface area contributed by atoms with Gasteiger partial charge in [0.2, 0.25) is 0 Å². The van der Waals surface area contributed by atoms with Crippen molar-refractivity contribution in [3.8, 4) is 0 Å². The fourth-order valence-corrected chi connectivity index (χ4v) is 2.86. The average Bonchev–Trinajstić information content (AvgIpc) is 2.75. The van der Waals surface area contributed by atoms with Gasteiger partial charge in [0.25, 0.3) is 0 Å². The van der Waals surface area contributed by atoms with E-state index in [1.807, 2.05) is 13.0 Å². The Balaban J connectivity index is 2.10. The summed E-state index contributed by atoms with van der Waals surface area (Å²) < 4.78 is 13.9. The van der Waals surface area contributed by atoms with E-state index in [2.05, 4.69) is 12.2 Å². The summed E-state index contributed by atoms with van der Waals surface area (Å²) in [5.41, 5.74) is 7.59. The minimum absolute atomic E-state index is 0.0693. The quantitative estimate of drug-likeness (QED) is 0.862. The zero-order chi connectivity index (χ0) is 13.1. The van der Waals surface area contributed by atoms with Crippen molar-refractivity contribution in [1.29, 1.82) is 0 Å². The van der Waals surface area contributed by atoms with Crippen molar-refractivity contribution < 1.29 is 4.39 Å². The van der Waals surface area contributed by atoms with Crippen molar-refractivity contribution in [2.24, 2.45) is 11.7 Å². The van der Waals surface area contributed by atoms with Crippen molar-refractivity contribution in [2.75, 3.05) is 6.54 Å². The number of aryl methyl sites for hydroxylation is 1. The Morgan fingerprint density at radius 1 is 1.44 bits per heavy atom. The molecule has 3 heteroatoms. The van der Waals surface area contributed by atoms with Gasteiger partial charge in [0.05, 0.1) is 0 Å². The van der Waals surface area contributed by atoms with Gasteiger partial charge in [0, 0.05) is 24.2 Å². The summed E-state index contributed by atoms with van der Waals surface area (Å²) in [7, 11) is 0. The molecule has 3 atom stereocenters. The minimum Gasteiger partial charge on any atom is -0.329 e. The number of rotatable bonds is 4. The third kappa shape index (κ3) is 3.09. The lowest BCUT2D eigenvalue weighted by atomic mass is 10.0. The monoisotopic (exact) mass is 250 g/mol. The smallest absolute Gasteiger partial charge is 0.128 e. The highest BCUT2D eigenvalue weighted by Gasteiger charge is 2.24. The van der Waals surface area contributed by atoms with Gasteiger partial charge in [-0.1, -0.05) is 24.6 Å². The first-order valence-corrected chi connectivity index (χ1v) is 6.82. The Morgan fingerprint density at radius 2 is 2.22 bits per heavy atom. The number of nitrogens with one attached hydrogen (secondary N) is 1.